The Bertz CT molecular complexity index is 1270. The number of anilines is 1. The van der Waals surface area contributed by atoms with Crippen LogP contribution in [0.15, 0.2) is 52.3 Å². The number of sulfonamides is 2. The molecule has 1 aliphatic rings. The minimum atomic E-state index is -3.94. The summed E-state index contributed by atoms with van der Waals surface area (Å²) in [6.45, 7) is 1.86. The molecule has 1 saturated heterocycles. The van der Waals surface area contributed by atoms with Crippen LogP contribution < -0.4 is 10.5 Å². The second-order valence-corrected chi connectivity index (χ2v) is 11.1. The molecule has 0 bridgehead atoms. The third-order valence-electron chi connectivity index (χ3n) is 5.14. The molecule has 2 aromatic carbocycles. The van der Waals surface area contributed by atoms with E-state index in [0.29, 0.717) is 18.7 Å². The van der Waals surface area contributed by atoms with E-state index >= 15 is 0 Å². The number of benzene rings is 2. The van der Waals surface area contributed by atoms with E-state index in [2.05, 4.69) is 5.32 Å². The topological polar surface area (TPSA) is 153 Å². The van der Waals surface area contributed by atoms with Crippen molar-refractivity contribution in [3.8, 4) is 0 Å². The molecular weight excluding hydrogens is 470 g/mol. The van der Waals surface area contributed by atoms with Crippen LogP contribution in [0.25, 0.3) is 0 Å². The molecule has 3 rings (SSSR count). The predicted molar refractivity (Wildman–Crippen MR) is 121 cm³/mol. The lowest BCUT2D eigenvalue weighted by atomic mass is 10.1. The van der Waals surface area contributed by atoms with Crippen molar-refractivity contribution in [3.05, 3.63) is 53.6 Å². The van der Waals surface area contributed by atoms with Crippen molar-refractivity contribution >= 4 is 37.6 Å². The summed E-state index contributed by atoms with van der Waals surface area (Å²) < 4.78 is 55.3. The van der Waals surface area contributed by atoms with Gasteiger partial charge >= 0.3 is 5.97 Å². The van der Waals surface area contributed by atoms with Gasteiger partial charge in [-0.15, -0.1) is 0 Å². The molecule has 10 nitrogen and oxygen atoms in total. The van der Waals surface area contributed by atoms with E-state index in [4.69, 9.17) is 9.88 Å². The molecule has 0 spiro atoms. The average Bonchev–Trinajstić information content (AvgIpc) is 2.78. The number of ether oxygens (including phenoxy) is 1. The zero-order valence-corrected chi connectivity index (χ0v) is 19.6. The molecule has 0 aromatic heterocycles. The number of nitrogens with zero attached hydrogens (tertiary/aromatic N) is 1. The SMILES string of the molecule is Cc1ccc(C(=O)OCC(=O)Nc2cccc(S(N)(=O)=O)c2)cc1S(=O)(=O)N1CCCCC1. The zero-order chi connectivity index (χ0) is 24.2. The normalized spacial score (nSPS) is 15.1. The molecule has 33 heavy (non-hydrogen) atoms. The number of esters is 1. The number of hydrogen-bond donors (Lipinski definition) is 2. The van der Waals surface area contributed by atoms with Crippen LogP contribution in [0, 0.1) is 6.92 Å². The molecule has 0 radical (unpaired) electrons. The Kier molecular flexibility index (Phi) is 7.52. The fraction of sp³-hybridized carbons (Fsp3) is 0.333. The van der Waals surface area contributed by atoms with Gasteiger partial charge in [-0.25, -0.2) is 26.8 Å². The van der Waals surface area contributed by atoms with Gasteiger partial charge in [0.05, 0.1) is 15.4 Å². The Morgan fingerprint density at radius 1 is 1.03 bits per heavy atom. The first-order valence-electron chi connectivity index (χ1n) is 10.2. The summed E-state index contributed by atoms with van der Waals surface area (Å²) in [6, 6.07) is 9.51. The highest BCUT2D eigenvalue weighted by Gasteiger charge is 2.28. The maximum absolute atomic E-state index is 13.0. The van der Waals surface area contributed by atoms with Crippen LogP contribution >= 0.6 is 0 Å². The first kappa shape index (κ1) is 24.8. The summed E-state index contributed by atoms with van der Waals surface area (Å²) in [6.07, 6.45) is 2.55. The number of primary sulfonamides is 1. The Labute approximate surface area is 192 Å². The highest BCUT2D eigenvalue weighted by Crippen LogP contribution is 2.24. The van der Waals surface area contributed by atoms with Crippen molar-refractivity contribution in [2.45, 2.75) is 36.0 Å². The lowest BCUT2D eigenvalue weighted by Crippen LogP contribution is -2.36. The Hall–Kier alpha value is -2.80. The minimum Gasteiger partial charge on any atom is -0.452 e. The maximum atomic E-state index is 13.0. The summed E-state index contributed by atoms with van der Waals surface area (Å²) in [4.78, 5) is 24.4. The van der Waals surface area contributed by atoms with E-state index in [-0.39, 0.29) is 21.0 Å². The highest BCUT2D eigenvalue weighted by atomic mass is 32.2. The lowest BCUT2D eigenvalue weighted by molar-refractivity contribution is -0.119. The standard InChI is InChI=1S/C21H25N3O7S2/c1-15-8-9-16(12-19(15)33(29,30)24-10-3-2-4-11-24)21(26)31-14-20(25)23-17-6-5-7-18(13-17)32(22,27)28/h5-9,12-13H,2-4,10-11,14H2,1H3,(H,23,25)(H2,22,27,28). The molecule has 0 saturated carbocycles. The van der Waals surface area contributed by atoms with Gasteiger partial charge in [0.2, 0.25) is 20.0 Å². The molecule has 3 N–H and O–H groups in total. The third-order valence-corrected chi connectivity index (χ3v) is 8.09. The second-order valence-electron chi connectivity index (χ2n) is 7.64. The summed E-state index contributed by atoms with van der Waals surface area (Å²) in [7, 11) is -7.69. The van der Waals surface area contributed by atoms with Crippen LogP contribution in [0.2, 0.25) is 0 Å². The molecule has 0 atom stereocenters. The van der Waals surface area contributed by atoms with Gasteiger partial charge in [0, 0.05) is 18.8 Å². The van der Waals surface area contributed by atoms with Crippen molar-refractivity contribution in [3.63, 3.8) is 0 Å². The predicted octanol–water partition coefficient (Wildman–Crippen LogP) is 1.61. The average molecular weight is 496 g/mol. The molecule has 1 aliphatic heterocycles. The summed E-state index contributed by atoms with van der Waals surface area (Å²) in [5, 5.41) is 7.47. The quantitative estimate of drug-likeness (QED) is 0.553. The van der Waals surface area contributed by atoms with Crippen molar-refractivity contribution in [2.24, 2.45) is 5.14 Å². The van der Waals surface area contributed by atoms with E-state index in [9.17, 15) is 26.4 Å². The highest BCUT2D eigenvalue weighted by molar-refractivity contribution is 7.89. The molecule has 2 aromatic rings. The van der Waals surface area contributed by atoms with Crippen molar-refractivity contribution in [1.29, 1.82) is 0 Å². The number of carbonyl (C=O) groups is 2. The van der Waals surface area contributed by atoms with Crippen molar-refractivity contribution < 1.29 is 31.2 Å². The maximum Gasteiger partial charge on any atom is 0.338 e. The molecule has 0 aliphatic carbocycles. The molecule has 1 fully saturated rings. The van der Waals surface area contributed by atoms with E-state index in [1.165, 1.54) is 46.8 Å². The lowest BCUT2D eigenvalue weighted by Gasteiger charge is -2.26. The van der Waals surface area contributed by atoms with Crippen LogP contribution in [-0.2, 0) is 29.6 Å². The van der Waals surface area contributed by atoms with Gasteiger partial charge in [-0.05, 0) is 55.7 Å². The number of amides is 1. The van der Waals surface area contributed by atoms with Gasteiger partial charge in [-0.1, -0.05) is 18.6 Å². The largest absolute Gasteiger partial charge is 0.452 e. The monoisotopic (exact) mass is 495 g/mol. The number of nitrogens with one attached hydrogen (secondary N) is 1. The van der Waals surface area contributed by atoms with E-state index in [1.54, 1.807) is 6.92 Å². The molecular formula is C21H25N3O7S2. The first-order chi connectivity index (χ1) is 15.5. The summed E-state index contributed by atoms with van der Waals surface area (Å²) in [5.74, 6) is -1.57. The first-order valence-corrected chi connectivity index (χ1v) is 13.2. The number of rotatable bonds is 7. The van der Waals surface area contributed by atoms with E-state index in [0.717, 1.165) is 19.3 Å². The van der Waals surface area contributed by atoms with Crippen molar-refractivity contribution in [2.75, 3.05) is 25.0 Å². The molecule has 0 unspecified atom stereocenters. The Morgan fingerprint density at radius 3 is 2.39 bits per heavy atom. The number of piperidine rings is 1. The Morgan fingerprint density at radius 2 is 1.73 bits per heavy atom. The second kappa shape index (κ2) is 10.00. The van der Waals surface area contributed by atoms with Crippen LogP contribution in [0.1, 0.15) is 35.2 Å². The number of hydrogen-bond acceptors (Lipinski definition) is 7. The van der Waals surface area contributed by atoms with Crippen LogP contribution in [0.4, 0.5) is 5.69 Å². The summed E-state index contributed by atoms with van der Waals surface area (Å²) in [5.41, 5.74) is 0.664. The van der Waals surface area contributed by atoms with Gasteiger partial charge in [0.1, 0.15) is 0 Å². The molecule has 1 heterocycles. The molecule has 178 valence electrons. The van der Waals surface area contributed by atoms with Gasteiger partial charge in [0.25, 0.3) is 5.91 Å². The van der Waals surface area contributed by atoms with Crippen LogP contribution in [0.5, 0.6) is 0 Å². The number of aryl methyl sites for hydroxylation is 1. The van der Waals surface area contributed by atoms with Crippen molar-refractivity contribution in [1.82, 2.24) is 4.31 Å². The zero-order valence-electron chi connectivity index (χ0n) is 18.0. The van der Waals surface area contributed by atoms with E-state index in [1.807, 2.05) is 0 Å². The number of carbonyl (C=O) groups excluding carboxylic acids is 2. The Balaban J connectivity index is 1.67. The fourth-order valence-electron chi connectivity index (χ4n) is 3.41. The van der Waals surface area contributed by atoms with Crippen LogP contribution in [-0.4, -0.2) is 52.7 Å². The summed E-state index contributed by atoms with van der Waals surface area (Å²) >= 11 is 0. The van der Waals surface area contributed by atoms with Gasteiger partial charge in [0.15, 0.2) is 6.61 Å². The molecule has 1 amide bonds. The number of nitrogens with two attached hydrogens (primary N) is 1. The smallest absolute Gasteiger partial charge is 0.338 e. The van der Waals surface area contributed by atoms with Gasteiger partial charge in [-0.3, -0.25) is 4.79 Å². The minimum absolute atomic E-state index is 0.000192. The van der Waals surface area contributed by atoms with Gasteiger partial charge < -0.3 is 10.1 Å². The van der Waals surface area contributed by atoms with E-state index < -0.39 is 38.5 Å². The molecule has 12 heteroatoms. The fourth-order valence-corrected chi connectivity index (χ4v) is 5.74. The van der Waals surface area contributed by atoms with Crippen LogP contribution in [0.3, 0.4) is 0 Å². The van der Waals surface area contributed by atoms with Gasteiger partial charge in [-0.2, -0.15) is 4.31 Å². The third kappa shape index (κ3) is 6.16.